The molecule has 2 aromatic carbocycles. The second-order valence-corrected chi connectivity index (χ2v) is 10.5. The minimum absolute atomic E-state index is 0.120. The molecule has 3 aliphatic rings. The van der Waals surface area contributed by atoms with Crippen LogP contribution in [-0.2, 0) is 17.9 Å². The number of methoxy groups -OCH3 is 1. The molecule has 2 amide bonds. The summed E-state index contributed by atoms with van der Waals surface area (Å²) in [6, 6.07) is 16.5. The number of fused-ring (bicyclic) bond motifs is 1. The number of rotatable bonds is 7. The molecule has 0 radical (unpaired) electrons. The summed E-state index contributed by atoms with van der Waals surface area (Å²) < 4.78 is 5.24. The third kappa shape index (κ3) is 5.69. The van der Waals surface area contributed by atoms with Crippen LogP contribution in [0.5, 0.6) is 5.75 Å². The van der Waals surface area contributed by atoms with Gasteiger partial charge in [-0.3, -0.25) is 14.5 Å². The second-order valence-electron chi connectivity index (χ2n) is 10.5. The number of hydrogen-bond donors (Lipinski definition) is 1. The minimum Gasteiger partial charge on any atom is -0.497 e. The van der Waals surface area contributed by atoms with Gasteiger partial charge in [0.05, 0.1) is 7.11 Å². The van der Waals surface area contributed by atoms with Gasteiger partial charge in [-0.25, -0.2) is 0 Å². The molecule has 0 unspecified atom stereocenters. The van der Waals surface area contributed by atoms with E-state index in [1.807, 2.05) is 35.2 Å². The van der Waals surface area contributed by atoms with Crippen LogP contribution in [-0.4, -0.2) is 54.4 Å². The number of nitrogens with one attached hydrogen (secondary N) is 1. The highest BCUT2D eigenvalue weighted by atomic mass is 16.5. The van der Waals surface area contributed by atoms with Crippen LogP contribution in [0.3, 0.4) is 0 Å². The van der Waals surface area contributed by atoms with Crippen molar-refractivity contribution in [3.63, 3.8) is 0 Å². The van der Waals surface area contributed by atoms with E-state index in [9.17, 15) is 9.59 Å². The van der Waals surface area contributed by atoms with E-state index in [0.29, 0.717) is 5.92 Å². The first-order chi connectivity index (χ1) is 17.1. The van der Waals surface area contributed by atoms with Crippen molar-refractivity contribution in [2.75, 3.05) is 26.7 Å². The highest BCUT2D eigenvalue weighted by molar-refractivity contribution is 5.98. The summed E-state index contributed by atoms with van der Waals surface area (Å²) in [5.41, 5.74) is 3.29. The predicted molar refractivity (Wildman–Crippen MR) is 136 cm³/mol. The molecule has 1 saturated carbocycles. The van der Waals surface area contributed by atoms with E-state index in [1.165, 1.54) is 5.56 Å². The molecular weight excluding hydrogens is 438 g/mol. The van der Waals surface area contributed by atoms with Gasteiger partial charge < -0.3 is 15.0 Å². The van der Waals surface area contributed by atoms with E-state index in [0.717, 1.165) is 88.1 Å². The van der Waals surface area contributed by atoms with Crippen molar-refractivity contribution in [3.05, 3.63) is 65.2 Å². The molecule has 5 rings (SSSR count). The Balaban J connectivity index is 1.01. The third-order valence-corrected chi connectivity index (χ3v) is 8.09. The Hall–Kier alpha value is -2.86. The fraction of sp³-hybridized carbons (Fsp3) is 0.517. The first-order valence-electron chi connectivity index (χ1n) is 13.1. The van der Waals surface area contributed by atoms with E-state index >= 15 is 0 Å². The van der Waals surface area contributed by atoms with Gasteiger partial charge in [0.2, 0.25) is 5.91 Å². The van der Waals surface area contributed by atoms with Gasteiger partial charge in [0.1, 0.15) is 5.75 Å². The maximum Gasteiger partial charge on any atom is 0.254 e. The standard InChI is InChI=1S/C29H37N3O3/c1-35-26-12-8-21(9-13-26)18-31-16-14-25(15-17-31)30-28(33)23-10-6-22(7-11-23)19-32-20-24-4-2-3-5-27(24)29(32)34/h2-5,8-9,12-13,22-23,25H,6-7,10-11,14-20H2,1H3,(H,30,33). The Labute approximate surface area is 208 Å². The summed E-state index contributed by atoms with van der Waals surface area (Å²) >= 11 is 0. The summed E-state index contributed by atoms with van der Waals surface area (Å²) in [6.45, 7) is 4.51. The number of nitrogens with zero attached hydrogens (tertiary/aromatic N) is 2. The van der Waals surface area contributed by atoms with Crippen molar-refractivity contribution < 1.29 is 14.3 Å². The van der Waals surface area contributed by atoms with Crippen LogP contribution in [0.4, 0.5) is 0 Å². The number of carbonyl (C=O) groups excluding carboxylic acids is 2. The molecule has 186 valence electrons. The number of benzene rings is 2. The lowest BCUT2D eigenvalue weighted by Gasteiger charge is -2.34. The third-order valence-electron chi connectivity index (χ3n) is 8.09. The Morgan fingerprint density at radius 1 is 0.971 bits per heavy atom. The number of carbonyl (C=O) groups is 2. The maximum absolute atomic E-state index is 13.0. The van der Waals surface area contributed by atoms with E-state index < -0.39 is 0 Å². The van der Waals surface area contributed by atoms with Gasteiger partial charge in [-0.15, -0.1) is 0 Å². The number of likely N-dealkylation sites (tertiary alicyclic amines) is 1. The quantitative estimate of drug-likeness (QED) is 0.651. The lowest BCUT2D eigenvalue weighted by atomic mass is 9.81. The van der Waals surface area contributed by atoms with Crippen molar-refractivity contribution in [2.24, 2.45) is 11.8 Å². The smallest absolute Gasteiger partial charge is 0.254 e. The topological polar surface area (TPSA) is 61.9 Å². The maximum atomic E-state index is 13.0. The summed E-state index contributed by atoms with van der Waals surface area (Å²) in [7, 11) is 1.69. The zero-order valence-electron chi connectivity index (χ0n) is 20.7. The van der Waals surface area contributed by atoms with Crippen LogP contribution in [0.2, 0.25) is 0 Å². The van der Waals surface area contributed by atoms with E-state index in [2.05, 4.69) is 28.4 Å². The first kappa shape index (κ1) is 23.9. The molecule has 1 saturated heterocycles. The SMILES string of the molecule is COc1ccc(CN2CCC(NC(=O)C3CCC(CN4Cc5ccccc5C4=O)CC3)CC2)cc1. The van der Waals surface area contributed by atoms with E-state index in [-0.39, 0.29) is 23.8 Å². The minimum atomic E-state index is 0.120. The van der Waals surface area contributed by atoms with Crippen LogP contribution < -0.4 is 10.1 Å². The van der Waals surface area contributed by atoms with Gasteiger partial charge in [0.25, 0.3) is 5.91 Å². The Morgan fingerprint density at radius 3 is 2.37 bits per heavy atom. The molecule has 35 heavy (non-hydrogen) atoms. The average Bonchev–Trinajstić information content (AvgIpc) is 3.21. The van der Waals surface area contributed by atoms with Crippen molar-refractivity contribution >= 4 is 11.8 Å². The molecule has 6 nitrogen and oxygen atoms in total. The average molecular weight is 476 g/mol. The van der Waals surface area contributed by atoms with Crippen molar-refractivity contribution in [1.82, 2.24) is 15.1 Å². The number of ether oxygens (including phenoxy) is 1. The van der Waals surface area contributed by atoms with E-state index in [1.54, 1.807) is 7.11 Å². The van der Waals surface area contributed by atoms with Crippen molar-refractivity contribution in [2.45, 2.75) is 57.7 Å². The van der Waals surface area contributed by atoms with Gasteiger partial charge in [-0.2, -0.15) is 0 Å². The highest BCUT2D eigenvalue weighted by Gasteiger charge is 2.32. The zero-order valence-corrected chi connectivity index (χ0v) is 20.7. The molecule has 0 spiro atoms. The zero-order chi connectivity index (χ0) is 24.2. The monoisotopic (exact) mass is 475 g/mol. The Kier molecular flexibility index (Phi) is 7.37. The van der Waals surface area contributed by atoms with Crippen LogP contribution in [0, 0.1) is 11.8 Å². The molecule has 0 aromatic heterocycles. The Bertz CT molecular complexity index is 1020. The fourth-order valence-corrected chi connectivity index (χ4v) is 5.92. The highest BCUT2D eigenvalue weighted by Crippen LogP contribution is 2.32. The molecule has 2 heterocycles. The molecule has 2 aliphatic heterocycles. The van der Waals surface area contributed by atoms with E-state index in [4.69, 9.17) is 4.74 Å². The van der Waals surface area contributed by atoms with Crippen LogP contribution in [0.1, 0.15) is 60.0 Å². The van der Waals surface area contributed by atoms with Gasteiger partial charge in [-0.1, -0.05) is 30.3 Å². The van der Waals surface area contributed by atoms with Gasteiger partial charge >= 0.3 is 0 Å². The van der Waals surface area contributed by atoms with Crippen molar-refractivity contribution in [3.8, 4) is 5.75 Å². The molecule has 2 aromatic rings. The van der Waals surface area contributed by atoms with Gasteiger partial charge in [-0.05, 0) is 73.8 Å². The largest absolute Gasteiger partial charge is 0.497 e. The molecule has 0 atom stereocenters. The van der Waals surface area contributed by atoms with Crippen LogP contribution in [0.15, 0.2) is 48.5 Å². The summed E-state index contributed by atoms with van der Waals surface area (Å²) in [5.74, 6) is 1.91. The number of piperidine rings is 1. The number of hydrogen-bond acceptors (Lipinski definition) is 4. The first-order valence-corrected chi connectivity index (χ1v) is 13.1. The molecular formula is C29H37N3O3. The lowest BCUT2D eigenvalue weighted by Crippen LogP contribution is -2.46. The summed E-state index contributed by atoms with van der Waals surface area (Å²) in [5, 5.41) is 3.35. The fourth-order valence-electron chi connectivity index (χ4n) is 5.92. The van der Waals surface area contributed by atoms with Crippen LogP contribution in [0.25, 0.3) is 0 Å². The van der Waals surface area contributed by atoms with Crippen LogP contribution >= 0.6 is 0 Å². The summed E-state index contributed by atoms with van der Waals surface area (Å²) in [6.07, 6.45) is 5.93. The number of amides is 2. The predicted octanol–water partition coefficient (Wildman–Crippen LogP) is 4.24. The van der Waals surface area contributed by atoms with Gasteiger partial charge in [0, 0.05) is 50.2 Å². The normalized spacial score (nSPS) is 23.2. The van der Waals surface area contributed by atoms with Crippen molar-refractivity contribution in [1.29, 1.82) is 0 Å². The van der Waals surface area contributed by atoms with Gasteiger partial charge in [0.15, 0.2) is 0 Å². The Morgan fingerprint density at radius 2 is 1.69 bits per heavy atom. The lowest BCUT2D eigenvalue weighted by molar-refractivity contribution is -0.127. The second kappa shape index (κ2) is 10.8. The molecule has 6 heteroatoms. The summed E-state index contributed by atoms with van der Waals surface area (Å²) in [4.78, 5) is 30.1. The molecule has 2 fully saturated rings. The molecule has 1 aliphatic carbocycles. The molecule has 0 bridgehead atoms. The molecule has 1 N–H and O–H groups in total.